The van der Waals surface area contributed by atoms with Gasteiger partial charge in [-0.15, -0.1) is 0 Å². The molecule has 0 aliphatic carbocycles. The van der Waals surface area contributed by atoms with Gasteiger partial charge in [0.15, 0.2) is 0 Å². The van der Waals surface area contributed by atoms with E-state index in [9.17, 15) is 4.79 Å². The highest BCUT2D eigenvalue weighted by atomic mass is 16.2. The summed E-state index contributed by atoms with van der Waals surface area (Å²) in [5.41, 5.74) is 2.14. The molecule has 1 aliphatic heterocycles. The second kappa shape index (κ2) is 6.39. The molecule has 1 unspecified atom stereocenters. The number of rotatable bonds is 3. The van der Waals surface area contributed by atoms with Crippen LogP contribution in [-0.4, -0.2) is 29.0 Å². The predicted molar refractivity (Wildman–Crippen MR) is 83.1 cm³/mol. The third-order valence-corrected chi connectivity index (χ3v) is 3.87. The average Bonchev–Trinajstić information content (AvgIpc) is 2.98. The summed E-state index contributed by atoms with van der Waals surface area (Å²) in [5, 5.41) is 2.92. The molecule has 1 aliphatic rings. The Morgan fingerprint density at radius 3 is 2.71 bits per heavy atom. The van der Waals surface area contributed by atoms with E-state index in [-0.39, 0.29) is 6.03 Å². The fourth-order valence-corrected chi connectivity index (χ4v) is 2.77. The first kappa shape index (κ1) is 13.6. The summed E-state index contributed by atoms with van der Waals surface area (Å²) in [6, 6.07) is 14.1. The molecule has 1 fully saturated rings. The van der Waals surface area contributed by atoms with Crippen molar-refractivity contribution in [3.63, 3.8) is 0 Å². The fraction of sp³-hybridized carbons (Fsp3) is 0.294. The van der Waals surface area contributed by atoms with Crippen LogP contribution in [0, 0.1) is 5.92 Å². The van der Waals surface area contributed by atoms with E-state index < -0.39 is 0 Å². The van der Waals surface area contributed by atoms with Crippen molar-refractivity contribution in [2.45, 2.75) is 12.8 Å². The van der Waals surface area contributed by atoms with Crippen molar-refractivity contribution in [3.05, 3.63) is 60.4 Å². The minimum atomic E-state index is -0.0169. The summed E-state index contributed by atoms with van der Waals surface area (Å²) in [7, 11) is 0. The third-order valence-electron chi connectivity index (χ3n) is 3.87. The summed E-state index contributed by atoms with van der Waals surface area (Å²) < 4.78 is 0. The maximum atomic E-state index is 12.2. The number of likely N-dealkylation sites (tertiary alicyclic amines) is 1. The Morgan fingerprint density at radius 2 is 1.95 bits per heavy atom. The number of amides is 2. The summed E-state index contributed by atoms with van der Waals surface area (Å²) in [5.74, 6) is 0.551. The quantitative estimate of drug-likeness (QED) is 0.939. The zero-order valence-corrected chi connectivity index (χ0v) is 11.9. The number of carbonyl (C=O) groups excluding carboxylic acids is 1. The first-order valence-electron chi connectivity index (χ1n) is 7.31. The molecule has 1 N–H and O–H groups in total. The van der Waals surface area contributed by atoms with Crippen LogP contribution < -0.4 is 5.32 Å². The summed E-state index contributed by atoms with van der Waals surface area (Å²) in [6.45, 7) is 1.65. The van der Waals surface area contributed by atoms with Gasteiger partial charge >= 0.3 is 6.03 Å². The molecule has 1 aromatic carbocycles. The molecule has 1 saturated heterocycles. The predicted octanol–water partition coefficient (Wildman–Crippen LogP) is 3.18. The van der Waals surface area contributed by atoms with Gasteiger partial charge in [0.1, 0.15) is 0 Å². The Balaban J connectivity index is 1.53. The number of urea groups is 1. The van der Waals surface area contributed by atoms with Crippen LogP contribution in [0.3, 0.4) is 0 Å². The third kappa shape index (κ3) is 3.60. The zero-order chi connectivity index (χ0) is 14.5. The van der Waals surface area contributed by atoms with Gasteiger partial charge in [-0.05, 0) is 36.5 Å². The minimum Gasteiger partial charge on any atom is -0.324 e. The average molecular weight is 281 g/mol. The van der Waals surface area contributed by atoms with Crippen molar-refractivity contribution in [3.8, 4) is 0 Å². The van der Waals surface area contributed by atoms with Crippen molar-refractivity contribution in [1.29, 1.82) is 0 Å². The molecule has 0 spiro atoms. The van der Waals surface area contributed by atoms with Gasteiger partial charge in [-0.2, -0.15) is 0 Å². The number of hydrogen-bond donors (Lipinski definition) is 1. The van der Waals surface area contributed by atoms with Crippen LogP contribution in [0.4, 0.5) is 10.5 Å². The first-order valence-corrected chi connectivity index (χ1v) is 7.31. The normalized spacial score (nSPS) is 17.7. The van der Waals surface area contributed by atoms with E-state index in [2.05, 4.69) is 34.6 Å². The van der Waals surface area contributed by atoms with Gasteiger partial charge in [-0.1, -0.05) is 30.3 Å². The van der Waals surface area contributed by atoms with E-state index in [1.807, 2.05) is 11.0 Å². The number of nitrogens with one attached hydrogen (secondary N) is 1. The molecule has 2 aromatic rings. The van der Waals surface area contributed by atoms with Gasteiger partial charge in [0, 0.05) is 31.2 Å². The maximum absolute atomic E-state index is 12.2. The number of benzene rings is 1. The minimum absolute atomic E-state index is 0.0169. The van der Waals surface area contributed by atoms with Crippen molar-refractivity contribution in [2.24, 2.45) is 5.92 Å². The summed E-state index contributed by atoms with van der Waals surface area (Å²) in [4.78, 5) is 18.0. The molecule has 0 radical (unpaired) electrons. The van der Waals surface area contributed by atoms with Crippen molar-refractivity contribution < 1.29 is 4.79 Å². The lowest BCUT2D eigenvalue weighted by Gasteiger charge is -2.17. The van der Waals surface area contributed by atoms with Crippen LogP contribution in [0.1, 0.15) is 12.0 Å². The molecule has 1 atom stereocenters. The Hall–Kier alpha value is -2.36. The van der Waals surface area contributed by atoms with Gasteiger partial charge in [0.05, 0.1) is 0 Å². The molecule has 108 valence electrons. The highest BCUT2D eigenvalue weighted by molar-refractivity contribution is 5.89. The number of carbonyl (C=O) groups is 1. The number of aromatic nitrogens is 1. The highest BCUT2D eigenvalue weighted by Gasteiger charge is 2.26. The van der Waals surface area contributed by atoms with Crippen molar-refractivity contribution in [1.82, 2.24) is 9.88 Å². The lowest BCUT2D eigenvalue weighted by molar-refractivity contribution is 0.221. The molecular formula is C17H19N3O. The first-order chi connectivity index (χ1) is 10.3. The van der Waals surface area contributed by atoms with E-state index in [1.54, 1.807) is 24.5 Å². The largest absolute Gasteiger partial charge is 0.324 e. The molecular weight excluding hydrogens is 262 g/mol. The van der Waals surface area contributed by atoms with E-state index in [4.69, 9.17) is 0 Å². The molecule has 4 nitrogen and oxygen atoms in total. The summed E-state index contributed by atoms with van der Waals surface area (Å²) in [6.07, 6.45) is 5.47. The van der Waals surface area contributed by atoms with E-state index >= 15 is 0 Å². The van der Waals surface area contributed by atoms with Crippen LogP contribution in [0.25, 0.3) is 0 Å². The SMILES string of the molecule is O=C(Nc1ccncc1)N1CCC(Cc2ccccc2)C1. The molecule has 0 bridgehead atoms. The Kier molecular flexibility index (Phi) is 4.15. The van der Waals surface area contributed by atoms with Gasteiger partial charge in [0.25, 0.3) is 0 Å². The molecule has 3 rings (SSSR count). The van der Waals surface area contributed by atoms with Crippen LogP contribution >= 0.6 is 0 Å². The molecule has 1 aromatic heterocycles. The zero-order valence-electron chi connectivity index (χ0n) is 11.9. The second-order valence-electron chi connectivity index (χ2n) is 5.46. The van der Waals surface area contributed by atoms with Crippen LogP contribution in [0.15, 0.2) is 54.9 Å². The van der Waals surface area contributed by atoms with Crippen LogP contribution in [-0.2, 0) is 6.42 Å². The standard InChI is InChI=1S/C17H19N3O/c21-17(19-16-6-9-18-10-7-16)20-11-8-15(13-20)12-14-4-2-1-3-5-14/h1-7,9-10,15H,8,11-13H2,(H,18,19,21). The van der Waals surface area contributed by atoms with Gasteiger partial charge < -0.3 is 10.2 Å². The fourth-order valence-electron chi connectivity index (χ4n) is 2.77. The Bertz CT molecular complexity index is 585. The summed E-state index contributed by atoms with van der Waals surface area (Å²) >= 11 is 0. The van der Waals surface area contributed by atoms with E-state index in [0.717, 1.165) is 31.6 Å². The van der Waals surface area contributed by atoms with Gasteiger partial charge in [0.2, 0.25) is 0 Å². The topological polar surface area (TPSA) is 45.2 Å². The molecule has 2 amide bonds. The number of nitrogens with zero attached hydrogens (tertiary/aromatic N) is 2. The number of hydrogen-bond acceptors (Lipinski definition) is 2. The number of anilines is 1. The highest BCUT2D eigenvalue weighted by Crippen LogP contribution is 2.21. The van der Waals surface area contributed by atoms with Crippen LogP contribution in [0.5, 0.6) is 0 Å². The number of pyridine rings is 1. The lowest BCUT2D eigenvalue weighted by Crippen LogP contribution is -2.33. The monoisotopic (exact) mass is 281 g/mol. The molecule has 4 heteroatoms. The van der Waals surface area contributed by atoms with E-state index in [0.29, 0.717) is 5.92 Å². The van der Waals surface area contributed by atoms with Crippen molar-refractivity contribution >= 4 is 11.7 Å². The molecule has 2 heterocycles. The van der Waals surface area contributed by atoms with E-state index in [1.165, 1.54) is 5.56 Å². The van der Waals surface area contributed by atoms with Gasteiger partial charge in [-0.3, -0.25) is 4.98 Å². The van der Waals surface area contributed by atoms with Crippen molar-refractivity contribution in [2.75, 3.05) is 18.4 Å². The van der Waals surface area contributed by atoms with Gasteiger partial charge in [-0.25, -0.2) is 4.79 Å². The Labute approximate surface area is 124 Å². The second-order valence-corrected chi connectivity index (χ2v) is 5.46. The van der Waals surface area contributed by atoms with Crippen LogP contribution in [0.2, 0.25) is 0 Å². The lowest BCUT2D eigenvalue weighted by atomic mass is 9.99. The Morgan fingerprint density at radius 1 is 1.19 bits per heavy atom. The smallest absolute Gasteiger partial charge is 0.321 e. The molecule has 0 saturated carbocycles. The maximum Gasteiger partial charge on any atom is 0.321 e. The molecule has 21 heavy (non-hydrogen) atoms.